The van der Waals surface area contributed by atoms with Gasteiger partial charge in [-0.05, 0) is 13.0 Å². The first-order valence-corrected chi connectivity index (χ1v) is 6.83. The number of methoxy groups -OCH3 is 1. The molecule has 0 saturated carbocycles. The molecule has 1 aromatic carbocycles. The first-order valence-electron chi connectivity index (χ1n) is 6.83. The van der Waals surface area contributed by atoms with Crippen molar-refractivity contribution in [1.29, 1.82) is 0 Å². The average molecular weight is 322 g/mol. The number of carbonyl (C=O) groups excluding carboxylic acids is 2. The van der Waals surface area contributed by atoms with Crippen molar-refractivity contribution in [2.24, 2.45) is 0 Å². The highest BCUT2D eigenvalue weighted by Gasteiger charge is 2.37. The molecule has 1 aliphatic rings. The van der Waals surface area contributed by atoms with Gasteiger partial charge >= 0.3 is 12.0 Å². The third kappa shape index (κ3) is 3.08. The van der Waals surface area contributed by atoms with Crippen molar-refractivity contribution in [2.45, 2.75) is 13.0 Å². The molecular weight excluding hydrogens is 306 g/mol. The number of carbonyl (C=O) groups is 2. The molecule has 1 aromatic rings. The van der Waals surface area contributed by atoms with Gasteiger partial charge in [-0.25, -0.2) is 18.4 Å². The van der Waals surface area contributed by atoms with Gasteiger partial charge in [0, 0.05) is 23.9 Å². The maximum absolute atomic E-state index is 14.1. The van der Waals surface area contributed by atoms with Gasteiger partial charge in [0.2, 0.25) is 0 Å². The van der Waals surface area contributed by atoms with E-state index in [0.29, 0.717) is 11.8 Å². The minimum absolute atomic E-state index is 0.0160. The number of urea groups is 1. The maximum atomic E-state index is 14.1. The molecule has 1 atom stereocenters. The molecule has 2 amide bonds. The summed E-state index contributed by atoms with van der Waals surface area (Å²) >= 11 is 0. The zero-order valence-electron chi connectivity index (χ0n) is 12.7. The van der Waals surface area contributed by atoms with Gasteiger partial charge in [-0.1, -0.05) is 12.1 Å². The lowest BCUT2D eigenvalue weighted by Gasteiger charge is -2.34. The van der Waals surface area contributed by atoms with E-state index in [4.69, 9.17) is 4.74 Å². The molecular formula is C16H16F2N2O3. The van der Waals surface area contributed by atoms with Crippen LogP contribution in [0.5, 0.6) is 0 Å². The Bertz CT molecular complexity index is 701. The van der Waals surface area contributed by atoms with E-state index in [0.717, 1.165) is 6.07 Å². The number of allylic oxidation sites excluding steroid dienone is 1. The van der Waals surface area contributed by atoms with Crippen LogP contribution in [0.3, 0.4) is 0 Å². The zero-order chi connectivity index (χ0) is 17.1. The number of nitrogens with one attached hydrogen (secondary N) is 1. The third-order valence-corrected chi connectivity index (χ3v) is 3.59. The second kappa shape index (κ2) is 6.60. The molecule has 0 bridgehead atoms. The standard InChI is InChI=1S/C16H16F2N2O3/c1-4-7-20-9(2)13(15(21)23-3)14(19-16(20)22)11-6-5-10(17)8-12(11)18/h4-6,8,14H,1,7H2,2-3H3,(H,19,22)/t14-/m0/s1. The quantitative estimate of drug-likeness (QED) is 0.685. The van der Waals surface area contributed by atoms with Crippen LogP contribution in [0.4, 0.5) is 13.6 Å². The highest BCUT2D eigenvalue weighted by atomic mass is 19.1. The Labute approximate surface area is 132 Å². The monoisotopic (exact) mass is 322 g/mol. The van der Waals surface area contributed by atoms with Crippen molar-refractivity contribution in [3.8, 4) is 0 Å². The highest BCUT2D eigenvalue weighted by Crippen LogP contribution is 2.32. The van der Waals surface area contributed by atoms with Gasteiger partial charge in [0.05, 0.1) is 18.7 Å². The van der Waals surface area contributed by atoms with Crippen molar-refractivity contribution in [2.75, 3.05) is 13.7 Å². The summed E-state index contributed by atoms with van der Waals surface area (Å²) < 4.78 is 31.9. The number of hydrogen-bond donors (Lipinski definition) is 1. The minimum Gasteiger partial charge on any atom is -0.466 e. The Kier molecular flexibility index (Phi) is 4.78. The van der Waals surface area contributed by atoms with Crippen LogP contribution in [-0.2, 0) is 9.53 Å². The number of nitrogens with zero attached hydrogens (tertiary/aromatic N) is 1. The molecule has 5 nitrogen and oxygen atoms in total. The smallest absolute Gasteiger partial charge is 0.337 e. The summed E-state index contributed by atoms with van der Waals surface area (Å²) in [5.41, 5.74) is 0.395. The van der Waals surface area contributed by atoms with E-state index in [1.54, 1.807) is 6.92 Å². The Hall–Kier alpha value is -2.70. The predicted molar refractivity (Wildman–Crippen MR) is 79.2 cm³/mol. The first-order chi connectivity index (χ1) is 10.9. The Morgan fingerprint density at radius 3 is 2.74 bits per heavy atom. The average Bonchev–Trinajstić information content (AvgIpc) is 2.50. The van der Waals surface area contributed by atoms with Crippen LogP contribution in [-0.4, -0.2) is 30.6 Å². The van der Waals surface area contributed by atoms with Gasteiger partial charge in [-0.2, -0.15) is 0 Å². The van der Waals surface area contributed by atoms with Gasteiger partial charge in [-0.3, -0.25) is 4.90 Å². The predicted octanol–water partition coefficient (Wildman–Crippen LogP) is 2.66. The number of hydrogen-bond acceptors (Lipinski definition) is 3. The Morgan fingerprint density at radius 1 is 1.48 bits per heavy atom. The summed E-state index contributed by atoms with van der Waals surface area (Å²) in [6.45, 7) is 5.29. The SMILES string of the molecule is C=CCN1C(=O)N[C@@H](c2ccc(F)cc2F)C(C(=O)OC)=C1C. The van der Waals surface area contributed by atoms with Gasteiger partial charge < -0.3 is 10.1 Å². The number of esters is 1. The lowest BCUT2D eigenvalue weighted by atomic mass is 9.94. The fourth-order valence-corrected chi connectivity index (χ4v) is 2.47. The van der Waals surface area contributed by atoms with Gasteiger partial charge in [0.1, 0.15) is 11.6 Å². The van der Waals surface area contributed by atoms with Crippen LogP contribution in [0.15, 0.2) is 42.1 Å². The summed E-state index contributed by atoms with van der Waals surface area (Å²) in [4.78, 5) is 25.6. The normalized spacial score (nSPS) is 17.8. The van der Waals surface area contributed by atoms with Crippen molar-refractivity contribution < 1.29 is 23.1 Å². The van der Waals surface area contributed by atoms with Gasteiger partial charge in [0.15, 0.2) is 0 Å². The number of benzene rings is 1. The third-order valence-electron chi connectivity index (χ3n) is 3.59. The zero-order valence-corrected chi connectivity index (χ0v) is 12.7. The molecule has 0 fully saturated rings. The van der Waals surface area contributed by atoms with Crippen LogP contribution in [0.1, 0.15) is 18.5 Å². The van der Waals surface area contributed by atoms with E-state index < -0.39 is 29.7 Å². The number of halogens is 2. The van der Waals surface area contributed by atoms with Crippen LogP contribution >= 0.6 is 0 Å². The van der Waals surface area contributed by atoms with Crippen LogP contribution in [0.25, 0.3) is 0 Å². The fourth-order valence-electron chi connectivity index (χ4n) is 2.47. The largest absolute Gasteiger partial charge is 0.466 e. The molecule has 0 radical (unpaired) electrons. The molecule has 1 N–H and O–H groups in total. The van der Waals surface area contributed by atoms with Crippen LogP contribution in [0, 0.1) is 11.6 Å². The van der Waals surface area contributed by atoms with Crippen molar-refractivity contribution in [3.63, 3.8) is 0 Å². The maximum Gasteiger partial charge on any atom is 0.337 e. The topological polar surface area (TPSA) is 58.6 Å². The second-order valence-electron chi connectivity index (χ2n) is 4.94. The summed E-state index contributed by atoms with van der Waals surface area (Å²) in [5, 5.41) is 2.54. The van der Waals surface area contributed by atoms with E-state index >= 15 is 0 Å². The van der Waals surface area contributed by atoms with E-state index in [2.05, 4.69) is 11.9 Å². The van der Waals surface area contributed by atoms with E-state index in [-0.39, 0.29) is 17.7 Å². The first kappa shape index (κ1) is 16.7. The summed E-state index contributed by atoms with van der Waals surface area (Å²) in [5.74, 6) is -2.31. The molecule has 122 valence electrons. The Morgan fingerprint density at radius 2 is 2.17 bits per heavy atom. The molecule has 0 unspecified atom stereocenters. The Balaban J connectivity index is 2.59. The molecule has 0 spiro atoms. The summed E-state index contributed by atoms with van der Waals surface area (Å²) in [6.07, 6.45) is 1.50. The number of ether oxygens (including phenoxy) is 1. The van der Waals surface area contributed by atoms with Crippen LogP contribution < -0.4 is 5.32 Å². The molecule has 23 heavy (non-hydrogen) atoms. The van der Waals surface area contributed by atoms with Crippen molar-refractivity contribution >= 4 is 12.0 Å². The summed E-state index contributed by atoms with van der Waals surface area (Å²) in [6, 6.07) is 1.38. The molecule has 0 aliphatic carbocycles. The highest BCUT2D eigenvalue weighted by molar-refractivity contribution is 5.95. The second-order valence-corrected chi connectivity index (χ2v) is 4.94. The fraction of sp³-hybridized carbons (Fsp3) is 0.250. The summed E-state index contributed by atoms with van der Waals surface area (Å²) in [7, 11) is 1.19. The molecule has 0 aromatic heterocycles. The van der Waals surface area contributed by atoms with E-state index in [1.807, 2.05) is 0 Å². The van der Waals surface area contributed by atoms with Gasteiger partial charge in [-0.15, -0.1) is 6.58 Å². The lowest BCUT2D eigenvalue weighted by molar-refractivity contribution is -0.136. The van der Waals surface area contributed by atoms with Crippen molar-refractivity contribution in [3.05, 3.63) is 59.3 Å². The minimum atomic E-state index is -1.06. The molecule has 1 aliphatic heterocycles. The van der Waals surface area contributed by atoms with Gasteiger partial charge in [0.25, 0.3) is 0 Å². The van der Waals surface area contributed by atoms with Crippen molar-refractivity contribution in [1.82, 2.24) is 10.2 Å². The molecule has 1 heterocycles. The lowest BCUT2D eigenvalue weighted by Crippen LogP contribution is -2.48. The number of rotatable bonds is 4. The molecule has 0 saturated heterocycles. The molecule has 2 rings (SSSR count). The van der Waals surface area contributed by atoms with Crippen LogP contribution in [0.2, 0.25) is 0 Å². The van der Waals surface area contributed by atoms with E-state index in [9.17, 15) is 18.4 Å². The molecule has 7 heteroatoms. The van der Waals surface area contributed by atoms with E-state index in [1.165, 1.54) is 24.2 Å². The number of amides is 2.